The Bertz CT molecular complexity index is 1170. The lowest BCUT2D eigenvalue weighted by atomic mass is 10.0. The molecule has 0 aliphatic heterocycles. The molecule has 7 nitrogen and oxygen atoms in total. The molecule has 1 atom stereocenters. The molecule has 2 amide bonds. The van der Waals surface area contributed by atoms with Gasteiger partial charge in [-0.1, -0.05) is 72.0 Å². The number of hydrogen-bond acceptors (Lipinski definition) is 5. The number of benzene rings is 2. The fourth-order valence-electron chi connectivity index (χ4n) is 2.81. The monoisotopic (exact) mass is 545 g/mol. The van der Waals surface area contributed by atoms with E-state index < -0.39 is 6.04 Å². The van der Waals surface area contributed by atoms with Crippen LogP contribution in [0.2, 0.25) is 20.1 Å². The topological polar surface area (TPSA) is 99.8 Å². The summed E-state index contributed by atoms with van der Waals surface area (Å²) in [6.45, 7) is 3.88. The molecule has 0 bridgehead atoms. The molecule has 3 rings (SSSR count). The van der Waals surface area contributed by atoms with E-state index in [0.717, 1.165) is 11.8 Å². The lowest BCUT2D eigenvalue weighted by Crippen LogP contribution is -2.32. The van der Waals surface area contributed by atoms with Crippen LogP contribution in [0.5, 0.6) is 0 Å². The van der Waals surface area contributed by atoms with Gasteiger partial charge in [0, 0.05) is 10.7 Å². The fraction of sp³-hybridized carbons (Fsp3) is 0.238. The first-order valence-electron chi connectivity index (χ1n) is 9.70. The maximum absolute atomic E-state index is 12.7. The number of anilines is 1. The van der Waals surface area contributed by atoms with Crippen molar-refractivity contribution < 1.29 is 9.59 Å². The van der Waals surface area contributed by atoms with Gasteiger partial charge in [0.2, 0.25) is 11.1 Å². The van der Waals surface area contributed by atoms with Gasteiger partial charge in [0.15, 0.2) is 0 Å². The summed E-state index contributed by atoms with van der Waals surface area (Å²) in [7, 11) is 0. The summed E-state index contributed by atoms with van der Waals surface area (Å²) in [5.41, 5.74) is 0.842. The summed E-state index contributed by atoms with van der Waals surface area (Å²) in [5, 5.41) is 14.5. The highest BCUT2D eigenvalue weighted by Crippen LogP contribution is 2.26. The van der Waals surface area contributed by atoms with Crippen molar-refractivity contribution in [2.75, 3.05) is 11.1 Å². The number of nitrogens with one attached hydrogen (secondary N) is 3. The van der Waals surface area contributed by atoms with E-state index in [4.69, 9.17) is 46.4 Å². The maximum Gasteiger partial charge on any atom is 0.253 e. The number of H-pyrrole nitrogens is 1. The van der Waals surface area contributed by atoms with Gasteiger partial charge in [0.1, 0.15) is 5.82 Å². The van der Waals surface area contributed by atoms with E-state index in [2.05, 4.69) is 25.8 Å². The molecule has 2 aromatic carbocycles. The van der Waals surface area contributed by atoms with Gasteiger partial charge in [-0.05, 0) is 42.3 Å². The van der Waals surface area contributed by atoms with Crippen LogP contribution in [-0.2, 0) is 4.79 Å². The number of thioether (sulfide) groups is 1. The number of amides is 2. The number of nitrogens with zero attached hydrogens (tertiary/aromatic N) is 2. The van der Waals surface area contributed by atoms with Gasteiger partial charge in [0.25, 0.3) is 5.91 Å². The Labute approximate surface area is 214 Å². The fourth-order valence-corrected chi connectivity index (χ4v) is 4.20. The number of hydrogen-bond donors (Lipinski definition) is 3. The lowest BCUT2D eigenvalue weighted by molar-refractivity contribution is -0.113. The van der Waals surface area contributed by atoms with Gasteiger partial charge in [-0.15, -0.1) is 5.10 Å². The van der Waals surface area contributed by atoms with Crippen molar-refractivity contribution in [3.63, 3.8) is 0 Å². The zero-order valence-electron chi connectivity index (χ0n) is 17.5. The molecular weight excluding hydrogens is 528 g/mol. The van der Waals surface area contributed by atoms with Crippen LogP contribution in [0.15, 0.2) is 41.6 Å². The number of carbonyl (C=O) groups is 2. The van der Waals surface area contributed by atoms with E-state index >= 15 is 0 Å². The van der Waals surface area contributed by atoms with Gasteiger partial charge in [-0.3, -0.25) is 14.7 Å². The van der Waals surface area contributed by atoms with Crippen molar-refractivity contribution in [3.8, 4) is 0 Å². The van der Waals surface area contributed by atoms with Crippen LogP contribution < -0.4 is 10.6 Å². The molecule has 0 radical (unpaired) electrons. The van der Waals surface area contributed by atoms with E-state index in [1.165, 1.54) is 6.07 Å². The Morgan fingerprint density at radius 1 is 1.03 bits per heavy atom. The minimum Gasteiger partial charge on any atom is -0.342 e. The molecule has 3 N–H and O–H groups in total. The number of carbonyl (C=O) groups excluding carboxylic acids is 2. The Kier molecular flexibility index (Phi) is 8.89. The second-order valence-electron chi connectivity index (χ2n) is 7.29. The smallest absolute Gasteiger partial charge is 0.253 e. The number of halogens is 4. The molecule has 0 saturated heterocycles. The summed E-state index contributed by atoms with van der Waals surface area (Å²) >= 11 is 25.0. The third kappa shape index (κ3) is 7.01. The predicted octanol–water partition coefficient (Wildman–Crippen LogP) is 6.28. The molecule has 174 valence electrons. The zero-order chi connectivity index (χ0) is 24.1. The molecule has 33 heavy (non-hydrogen) atoms. The van der Waals surface area contributed by atoms with Crippen molar-refractivity contribution >= 4 is 75.7 Å². The molecule has 0 fully saturated rings. The van der Waals surface area contributed by atoms with Crippen LogP contribution in [0.4, 0.5) is 5.69 Å². The SMILES string of the molecule is CC(C)[C@@H](NC(=O)c1ccc(Cl)cc1Cl)c1nc(SCC(=O)Nc2ccc(Cl)c(Cl)c2)n[nH]1. The zero-order valence-corrected chi connectivity index (χ0v) is 21.3. The number of aromatic nitrogens is 3. The van der Waals surface area contributed by atoms with Gasteiger partial charge in [0.05, 0.1) is 32.4 Å². The van der Waals surface area contributed by atoms with Crippen molar-refractivity contribution in [1.82, 2.24) is 20.5 Å². The Balaban J connectivity index is 1.62. The maximum atomic E-state index is 12.7. The van der Waals surface area contributed by atoms with E-state index in [0.29, 0.717) is 37.3 Å². The van der Waals surface area contributed by atoms with Crippen LogP contribution >= 0.6 is 58.2 Å². The average Bonchev–Trinajstić information content (AvgIpc) is 3.21. The third-order valence-electron chi connectivity index (χ3n) is 4.44. The van der Waals surface area contributed by atoms with Gasteiger partial charge in [-0.25, -0.2) is 4.98 Å². The normalized spacial score (nSPS) is 12.0. The standard InChI is InChI=1S/C21H19Cl4N5O2S/c1-10(2)18(27-20(32)13-5-3-11(22)7-15(13)24)19-28-21(30-29-19)33-9-17(31)26-12-4-6-14(23)16(25)8-12/h3-8,10,18H,9H2,1-2H3,(H,26,31)(H,27,32)(H,28,29,30)/t18-/m1/s1. The highest BCUT2D eigenvalue weighted by atomic mass is 35.5. The van der Waals surface area contributed by atoms with Crippen molar-refractivity contribution in [2.45, 2.75) is 25.0 Å². The van der Waals surface area contributed by atoms with Gasteiger partial charge in [-0.2, -0.15) is 0 Å². The number of rotatable bonds is 8. The first-order valence-corrected chi connectivity index (χ1v) is 12.2. The average molecular weight is 547 g/mol. The third-order valence-corrected chi connectivity index (χ3v) is 6.58. The summed E-state index contributed by atoms with van der Waals surface area (Å²) in [4.78, 5) is 29.4. The van der Waals surface area contributed by atoms with Crippen LogP contribution in [-0.4, -0.2) is 32.7 Å². The first-order chi connectivity index (χ1) is 15.6. The number of aromatic amines is 1. The van der Waals surface area contributed by atoms with Gasteiger partial charge >= 0.3 is 0 Å². The summed E-state index contributed by atoms with van der Waals surface area (Å²) < 4.78 is 0. The largest absolute Gasteiger partial charge is 0.342 e. The van der Waals surface area contributed by atoms with E-state index in [1.54, 1.807) is 30.3 Å². The molecule has 12 heteroatoms. The van der Waals surface area contributed by atoms with Crippen molar-refractivity contribution in [2.24, 2.45) is 5.92 Å². The predicted molar refractivity (Wildman–Crippen MR) is 134 cm³/mol. The molecule has 0 aliphatic carbocycles. The minimum atomic E-state index is -0.448. The van der Waals surface area contributed by atoms with Crippen LogP contribution in [0.25, 0.3) is 0 Å². The summed E-state index contributed by atoms with van der Waals surface area (Å²) in [6.07, 6.45) is 0. The molecule has 0 aliphatic rings. The minimum absolute atomic E-state index is 0.00350. The quantitative estimate of drug-likeness (QED) is 0.289. The van der Waals surface area contributed by atoms with Crippen LogP contribution in [0, 0.1) is 5.92 Å². The van der Waals surface area contributed by atoms with Crippen LogP contribution in [0.1, 0.15) is 36.1 Å². The highest BCUT2D eigenvalue weighted by Gasteiger charge is 2.24. The molecule has 0 unspecified atom stereocenters. The van der Waals surface area contributed by atoms with Crippen molar-refractivity contribution in [3.05, 3.63) is 67.9 Å². The summed E-state index contributed by atoms with van der Waals surface area (Å²) in [5.74, 6) is -0.0613. The summed E-state index contributed by atoms with van der Waals surface area (Å²) in [6, 6.07) is 9.05. The van der Waals surface area contributed by atoms with Crippen LogP contribution in [0.3, 0.4) is 0 Å². The van der Waals surface area contributed by atoms with Gasteiger partial charge < -0.3 is 10.6 Å². The lowest BCUT2D eigenvalue weighted by Gasteiger charge is -2.20. The first kappa shape index (κ1) is 25.6. The Morgan fingerprint density at radius 2 is 1.79 bits per heavy atom. The molecule has 1 aromatic heterocycles. The molecular formula is C21H19Cl4N5O2S. The van der Waals surface area contributed by atoms with E-state index in [-0.39, 0.29) is 28.5 Å². The molecule has 1 heterocycles. The molecule has 0 saturated carbocycles. The Hall–Kier alpha value is -1.97. The van der Waals surface area contributed by atoms with Crippen molar-refractivity contribution in [1.29, 1.82) is 0 Å². The molecule has 0 spiro atoms. The Morgan fingerprint density at radius 3 is 2.45 bits per heavy atom. The van der Waals surface area contributed by atoms with E-state index in [1.807, 2.05) is 13.8 Å². The second-order valence-corrected chi connectivity index (χ2v) is 9.89. The highest BCUT2D eigenvalue weighted by molar-refractivity contribution is 7.99. The second kappa shape index (κ2) is 11.4. The van der Waals surface area contributed by atoms with E-state index in [9.17, 15) is 9.59 Å². The molecule has 3 aromatic rings.